The molecule has 28 heavy (non-hydrogen) atoms. The molecule has 0 saturated heterocycles. The molecule has 1 saturated carbocycles. The number of thiocarbonyl (C=S) groups is 1. The van der Waals surface area contributed by atoms with Crippen LogP contribution < -0.4 is 15.4 Å². The van der Waals surface area contributed by atoms with Gasteiger partial charge in [0.05, 0.1) is 10.6 Å². The molecule has 5 nitrogen and oxygen atoms in total. The van der Waals surface area contributed by atoms with E-state index in [1.165, 1.54) is 49.6 Å². The van der Waals surface area contributed by atoms with Crippen molar-refractivity contribution in [1.29, 1.82) is 0 Å². The molecule has 0 spiro atoms. The molecule has 0 radical (unpaired) electrons. The van der Waals surface area contributed by atoms with Gasteiger partial charge >= 0.3 is 0 Å². The number of para-hydroxylation sites is 1. The summed E-state index contributed by atoms with van der Waals surface area (Å²) in [5.74, 6) is -0.0856. The predicted octanol–water partition coefficient (Wildman–Crippen LogP) is 4.49. The summed E-state index contributed by atoms with van der Waals surface area (Å²) in [5, 5.41) is 6.85. The van der Waals surface area contributed by atoms with E-state index in [0.29, 0.717) is 22.8 Å². The average Bonchev–Trinajstić information content (AvgIpc) is 2.65. The summed E-state index contributed by atoms with van der Waals surface area (Å²) in [6.07, 6.45) is 4.67. The first kappa shape index (κ1) is 20.5. The third-order valence-electron chi connectivity index (χ3n) is 4.95. The van der Waals surface area contributed by atoms with Gasteiger partial charge in [0, 0.05) is 11.7 Å². The second-order valence-electron chi connectivity index (χ2n) is 7.08. The molecular formula is C20H24FN3O2S2. The van der Waals surface area contributed by atoms with Gasteiger partial charge in [0.15, 0.2) is 5.11 Å². The fourth-order valence-electron chi connectivity index (χ4n) is 3.35. The maximum atomic E-state index is 13.8. The Kier molecular flexibility index (Phi) is 6.51. The van der Waals surface area contributed by atoms with Gasteiger partial charge in [0.25, 0.3) is 10.0 Å². The Morgan fingerprint density at radius 2 is 1.86 bits per heavy atom. The van der Waals surface area contributed by atoms with Gasteiger partial charge < -0.3 is 10.6 Å². The van der Waals surface area contributed by atoms with Gasteiger partial charge in [-0.3, -0.25) is 4.72 Å². The average molecular weight is 422 g/mol. The number of hydrogen-bond donors (Lipinski definition) is 3. The highest BCUT2D eigenvalue weighted by molar-refractivity contribution is 7.92. The number of halogens is 1. The van der Waals surface area contributed by atoms with Crippen molar-refractivity contribution in [2.75, 3.05) is 10.0 Å². The second-order valence-corrected chi connectivity index (χ2v) is 9.17. The SMILES string of the molecule is C[C@H]1CCCC[C@@H]1NC(=S)Nc1cccc(S(=O)(=O)Nc2ccccc2F)c1. The second kappa shape index (κ2) is 8.87. The summed E-state index contributed by atoms with van der Waals surface area (Å²) in [6.45, 7) is 2.21. The maximum Gasteiger partial charge on any atom is 0.262 e. The van der Waals surface area contributed by atoms with E-state index in [-0.39, 0.29) is 10.6 Å². The summed E-state index contributed by atoms with van der Waals surface area (Å²) in [7, 11) is -3.92. The topological polar surface area (TPSA) is 70.2 Å². The minimum absolute atomic E-state index is 0.0228. The molecule has 150 valence electrons. The molecular weight excluding hydrogens is 397 g/mol. The number of anilines is 2. The molecule has 2 aromatic rings. The first-order valence-corrected chi connectivity index (χ1v) is 11.2. The van der Waals surface area contributed by atoms with Crippen LogP contribution in [0.5, 0.6) is 0 Å². The van der Waals surface area contributed by atoms with Gasteiger partial charge in [-0.1, -0.05) is 38.0 Å². The first-order chi connectivity index (χ1) is 13.3. The van der Waals surface area contributed by atoms with Gasteiger partial charge in [-0.05, 0) is 61.3 Å². The lowest BCUT2D eigenvalue weighted by molar-refractivity contribution is 0.309. The van der Waals surface area contributed by atoms with E-state index in [9.17, 15) is 12.8 Å². The normalized spacial score (nSPS) is 19.6. The fraction of sp³-hybridized carbons (Fsp3) is 0.350. The van der Waals surface area contributed by atoms with Crippen molar-refractivity contribution in [3.63, 3.8) is 0 Å². The lowest BCUT2D eigenvalue weighted by Crippen LogP contribution is -2.43. The summed E-state index contributed by atoms with van der Waals surface area (Å²) in [6, 6.07) is 12.2. The molecule has 0 aliphatic heterocycles. The molecule has 1 aliphatic rings. The molecule has 0 amide bonds. The molecule has 1 fully saturated rings. The van der Waals surface area contributed by atoms with Crippen LogP contribution in [0.25, 0.3) is 0 Å². The van der Waals surface area contributed by atoms with Gasteiger partial charge in [-0.15, -0.1) is 0 Å². The van der Waals surface area contributed by atoms with E-state index >= 15 is 0 Å². The van der Waals surface area contributed by atoms with Crippen molar-refractivity contribution in [2.24, 2.45) is 5.92 Å². The zero-order valence-electron chi connectivity index (χ0n) is 15.6. The van der Waals surface area contributed by atoms with Crippen LogP contribution in [0.15, 0.2) is 53.4 Å². The van der Waals surface area contributed by atoms with Crippen LogP contribution in [0.1, 0.15) is 32.6 Å². The van der Waals surface area contributed by atoms with Crippen LogP contribution in [0.2, 0.25) is 0 Å². The predicted molar refractivity (Wildman–Crippen MR) is 114 cm³/mol. The Hall–Kier alpha value is -2.19. The molecule has 2 atom stereocenters. The van der Waals surface area contributed by atoms with Crippen LogP contribution in [-0.4, -0.2) is 19.6 Å². The lowest BCUT2D eigenvalue weighted by atomic mass is 9.86. The monoisotopic (exact) mass is 421 g/mol. The van der Waals surface area contributed by atoms with Crippen molar-refractivity contribution in [3.05, 3.63) is 54.3 Å². The third kappa shape index (κ3) is 5.20. The van der Waals surface area contributed by atoms with Gasteiger partial charge in [-0.2, -0.15) is 0 Å². The summed E-state index contributed by atoms with van der Waals surface area (Å²) in [5.41, 5.74) is 0.460. The maximum absolute atomic E-state index is 13.8. The van der Waals surface area contributed by atoms with E-state index in [2.05, 4.69) is 22.3 Å². The minimum atomic E-state index is -3.92. The number of nitrogens with one attached hydrogen (secondary N) is 3. The Labute approximate surface area is 170 Å². The highest BCUT2D eigenvalue weighted by Crippen LogP contribution is 2.24. The highest BCUT2D eigenvalue weighted by Gasteiger charge is 2.22. The number of rotatable bonds is 5. The van der Waals surface area contributed by atoms with Crippen molar-refractivity contribution < 1.29 is 12.8 Å². The fourth-order valence-corrected chi connectivity index (χ4v) is 4.74. The smallest absolute Gasteiger partial charge is 0.262 e. The van der Waals surface area contributed by atoms with E-state index in [1.807, 2.05) is 0 Å². The highest BCUT2D eigenvalue weighted by atomic mass is 32.2. The first-order valence-electron chi connectivity index (χ1n) is 9.30. The minimum Gasteiger partial charge on any atom is -0.359 e. The van der Waals surface area contributed by atoms with Crippen LogP contribution in [-0.2, 0) is 10.0 Å². The Morgan fingerprint density at radius 1 is 1.11 bits per heavy atom. The molecule has 2 aromatic carbocycles. The molecule has 0 heterocycles. The van der Waals surface area contributed by atoms with E-state index in [4.69, 9.17) is 12.2 Å². The molecule has 0 bridgehead atoms. The number of benzene rings is 2. The standard InChI is InChI=1S/C20H24FN3O2S2/c1-14-7-2-4-11-18(14)23-20(27)22-15-8-6-9-16(13-15)28(25,26)24-19-12-5-3-10-17(19)21/h3,5-6,8-10,12-14,18,24H,2,4,7,11H2,1H3,(H2,22,23,27)/t14-,18-/m0/s1. The van der Waals surface area contributed by atoms with Crippen LogP contribution in [0.4, 0.5) is 15.8 Å². The summed E-state index contributed by atoms with van der Waals surface area (Å²) in [4.78, 5) is 0.0228. The van der Waals surface area contributed by atoms with Gasteiger partial charge in [-0.25, -0.2) is 12.8 Å². The van der Waals surface area contributed by atoms with Crippen LogP contribution in [0, 0.1) is 11.7 Å². The van der Waals surface area contributed by atoms with Crippen molar-refractivity contribution in [1.82, 2.24) is 5.32 Å². The molecule has 1 aliphatic carbocycles. The number of hydrogen-bond acceptors (Lipinski definition) is 3. The van der Waals surface area contributed by atoms with Crippen molar-refractivity contribution in [3.8, 4) is 0 Å². The molecule has 3 rings (SSSR count). The zero-order chi connectivity index (χ0) is 20.1. The molecule has 0 aromatic heterocycles. The number of sulfonamides is 1. The van der Waals surface area contributed by atoms with E-state index < -0.39 is 15.8 Å². The van der Waals surface area contributed by atoms with Crippen LogP contribution >= 0.6 is 12.2 Å². The zero-order valence-corrected chi connectivity index (χ0v) is 17.2. The molecule has 0 unspecified atom stereocenters. The van der Waals surface area contributed by atoms with E-state index in [0.717, 1.165) is 6.42 Å². The van der Waals surface area contributed by atoms with Crippen LogP contribution in [0.3, 0.4) is 0 Å². The van der Waals surface area contributed by atoms with E-state index in [1.54, 1.807) is 18.2 Å². The Morgan fingerprint density at radius 3 is 2.61 bits per heavy atom. The third-order valence-corrected chi connectivity index (χ3v) is 6.53. The van der Waals surface area contributed by atoms with Crippen molar-refractivity contribution >= 4 is 38.7 Å². The molecule has 3 N–H and O–H groups in total. The van der Waals surface area contributed by atoms with Gasteiger partial charge in [0.2, 0.25) is 0 Å². The summed E-state index contributed by atoms with van der Waals surface area (Å²) >= 11 is 5.39. The lowest BCUT2D eigenvalue weighted by Gasteiger charge is -2.30. The quantitative estimate of drug-likeness (QED) is 0.621. The van der Waals surface area contributed by atoms with Crippen molar-refractivity contribution in [2.45, 2.75) is 43.5 Å². The molecule has 8 heteroatoms. The Bertz CT molecular complexity index is 950. The largest absolute Gasteiger partial charge is 0.359 e. The van der Waals surface area contributed by atoms with Gasteiger partial charge in [0.1, 0.15) is 5.82 Å². The Balaban J connectivity index is 1.69. The summed E-state index contributed by atoms with van der Waals surface area (Å²) < 4.78 is 41.2.